The first-order valence-corrected chi connectivity index (χ1v) is 5.96. The zero-order chi connectivity index (χ0) is 11.8. The second-order valence-corrected chi connectivity index (χ2v) is 4.38. The Morgan fingerprint density at radius 2 is 2.18 bits per heavy atom. The maximum atomic E-state index is 11.0. The molecule has 0 bridgehead atoms. The number of nitrogens with zero attached hydrogens (tertiary/aromatic N) is 3. The predicted molar refractivity (Wildman–Crippen MR) is 67.1 cm³/mol. The maximum Gasteiger partial charge on any atom is 0.166 e. The lowest BCUT2D eigenvalue weighted by atomic mass is 10.2. The van der Waals surface area contributed by atoms with Gasteiger partial charge in [-0.25, -0.2) is 0 Å². The number of carbonyl (C=O) groups excluding carboxylic acids is 1. The second kappa shape index (κ2) is 3.94. The van der Waals surface area contributed by atoms with Gasteiger partial charge in [0, 0.05) is 6.20 Å². The van der Waals surface area contributed by atoms with Crippen molar-refractivity contribution in [2.24, 2.45) is 0 Å². The summed E-state index contributed by atoms with van der Waals surface area (Å²) in [6.07, 6.45) is 2.57. The molecule has 0 aliphatic carbocycles. The van der Waals surface area contributed by atoms with E-state index in [4.69, 9.17) is 11.6 Å². The SMILES string of the molecule is O=Cc1cccn1-c1c(Cl)ccc2nsnc12. The summed E-state index contributed by atoms with van der Waals surface area (Å²) in [4.78, 5) is 11.0. The van der Waals surface area contributed by atoms with Crippen molar-refractivity contribution in [1.29, 1.82) is 0 Å². The van der Waals surface area contributed by atoms with Gasteiger partial charge >= 0.3 is 0 Å². The Hall–Kier alpha value is -1.72. The number of fused-ring (bicyclic) bond motifs is 1. The van der Waals surface area contributed by atoms with Crippen LogP contribution >= 0.6 is 23.3 Å². The fraction of sp³-hybridized carbons (Fsp3) is 0. The Bertz CT molecular complexity index is 704. The van der Waals surface area contributed by atoms with Gasteiger partial charge < -0.3 is 4.57 Å². The lowest BCUT2D eigenvalue weighted by Gasteiger charge is -2.07. The molecule has 17 heavy (non-hydrogen) atoms. The standard InChI is InChI=1S/C11H6ClN3OS/c12-8-3-4-9-10(14-17-13-9)11(8)15-5-1-2-7(15)6-16/h1-6H. The summed E-state index contributed by atoms with van der Waals surface area (Å²) in [5.74, 6) is 0. The monoisotopic (exact) mass is 263 g/mol. The molecule has 3 rings (SSSR count). The molecule has 0 aliphatic heterocycles. The van der Waals surface area contributed by atoms with E-state index in [-0.39, 0.29) is 0 Å². The smallest absolute Gasteiger partial charge is 0.166 e. The van der Waals surface area contributed by atoms with Crippen LogP contribution in [0.4, 0.5) is 0 Å². The van der Waals surface area contributed by atoms with Crippen LogP contribution < -0.4 is 0 Å². The van der Waals surface area contributed by atoms with Crippen LogP contribution in [0.5, 0.6) is 0 Å². The molecule has 0 amide bonds. The van der Waals surface area contributed by atoms with Crippen LogP contribution in [0.2, 0.25) is 5.02 Å². The highest BCUT2D eigenvalue weighted by atomic mass is 35.5. The zero-order valence-electron chi connectivity index (χ0n) is 8.50. The zero-order valence-corrected chi connectivity index (χ0v) is 10.1. The number of benzene rings is 1. The van der Waals surface area contributed by atoms with Crippen molar-refractivity contribution in [2.45, 2.75) is 0 Å². The minimum atomic E-state index is 0.535. The number of aldehydes is 1. The number of hydrogen-bond acceptors (Lipinski definition) is 4. The van der Waals surface area contributed by atoms with Gasteiger partial charge in [0.05, 0.1) is 28.1 Å². The van der Waals surface area contributed by atoms with Gasteiger partial charge in [-0.15, -0.1) is 0 Å². The van der Waals surface area contributed by atoms with Crippen molar-refractivity contribution in [3.8, 4) is 5.69 Å². The molecule has 1 aromatic carbocycles. The van der Waals surface area contributed by atoms with E-state index in [1.54, 1.807) is 29.0 Å². The second-order valence-electron chi connectivity index (χ2n) is 3.45. The van der Waals surface area contributed by atoms with Crippen LogP contribution in [0.3, 0.4) is 0 Å². The molecule has 2 heterocycles. The summed E-state index contributed by atoms with van der Waals surface area (Å²) < 4.78 is 10.1. The third kappa shape index (κ3) is 1.55. The van der Waals surface area contributed by atoms with Crippen molar-refractivity contribution in [1.82, 2.24) is 13.3 Å². The van der Waals surface area contributed by atoms with E-state index in [2.05, 4.69) is 8.75 Å². The van der Waals surface area contributed by atoms with E-state index in [0.717, 1.165) is 23.5 Å². The first kappa shape index (κ1) is 10.4. The molecular formula is C11H6ClN3OS. The Labute approximate surface area is 106 Å². The molecule has 84 valence electrons. The molecule has 3 aromatic rings. The third-order valence-electron chi connectivity index (χ3n) is 2.49. The molecule has 2 aromatic heterocycles. The third-order valence-corrected chi connectivity index (χ3v) is 3.34. The van der Waals surface area contributed by atoms with Crippen molar-refractivity contribution in [2.75, 3.05) is 0 Å². The first-order chi connectivity index (χ1) is 8.31. The van der Waals surface area contributed by atoms with E-state index >= 15 is 0 Å². The van der Waals surface area contributed by atoms with Crippen LogP contribution in [0, 0.1) is 0 Å². The number of halogens is 1. The fourth-order valence-corrected chi connectivity index (χ4v) is 2.52. The molecule has 0 fully saturated rings. The van der Waals surface area contributed by atoms with Gasteiger partial charge in [-0.1, -0.05) is 11.6 Å². The number of rotatable bonds is 2. The summed E-state index contributed by atoms with van der Waals surface area (Å²) in [6.45, 7) is 0. The van der Waals surface area contributed by atoms with Crippen LogP contribution in [0.15, 0.2) is 30.5 Å². The summed E-state index contributed by atoms with van der Waals surface area (Å²) >= 11 is 7.31. The lowest BCUT2D eigenvalue weighted by Crippen LogP contribution is -1.99. The number of hydrogen-bond donors (Lipinski definition) is 0. The molecule has 0 aliphatic rings. The first-order valence-electron chi connectivity index (χ1n) is 4.85. The molecule has 4 nitrogen and oxygen atoms in total. The quantitative estimate of drug-likeness (QED) is 0.668. The molecule has 0 atom stereocenters. The average Bonchev–Trinajstić information content (AvgIpc) is 2.96. The Balaban J connectivity index is 2.39. The minimum Gasteiger partial charge on any atom is -0.311 e. The Kier molecular flexibility index (Phi) is 2.42. The van der Waals surface area contributed by atoms with Crippen molar-refractivity contribution in [3.05, 3.63) is 41.2 Å². The predicted octanol–water partition coefficient (Wildman–Crippen LogP) is 2.95. The van der Waals surface area contributed by atoms with E-state index in [1.807, 2.05) is 6.07 Å². The van der Waals surface area contributed by atoms with Crippen LogP contribution in [-0.4, -0.2) is 19.6 Å². The minimum absolute atomic E-state index is 0.535. The van der Waals surface area contributed by atoms with Gasteiger partial charge in [0.1, 0.15) is 11.0 Å². The topological polar surface area (TPSA) is 47.8 Å². The molecular weight excluding hydrogens is 258 g/mol. The Morgan fingerprint density at radius 3 is 3.00 bits per heavy atom. The highest BCUT2D eigenvalue weighted by Crippen LogP contribution is 2.29. The molecule has 0 saturated heterocycles. The largest absolute Gasteiger partial charge is 0.311 e. The lowest BCUT2D eigenvalue weighted by molar-refractivity contribution is 0.111. The molecule has 0 radical (unpaired) electrons. The van der Waals surface area contributed by atoms with Gasteiger partial charge in [0.15, 0.2) is 6.29 Å². The highest BCUT2D eigenvalue weighted by Gasteiger charge is 2.13. The van der Waals surface area contributed by atoms with Crippen LogP contribution in [0.1, 0.15) is 10.5 Å². The molecule has 0 saturated carbocycles. The molecule has 6 heteroatoms. The Morgan fingerprint density at radius 1 is 1.29 bits per heavy atom. The summed E-state index contributed by atoms with van der Waals surface area (Å²) in [5.41, 5.74) is 2.72. The van der Waals surface area contributed by atoms with E-state index in [0.29, 0.717) is 21.9 Å². The molecule has 0 N–H and O–H groups in total. The fourth-order valence-electron chi connectivity index (χ4n) is 1.74. The van der Waals surface area contributed by atoms with Gasteiger partial charge in [-0.3, -0.25) is 4.79 Å². The average molecular weight is 264 g/mol. The van der Waals surface area contributed by atoms with Crippen molar-refractivity contribution < 1.29 is 4.79 Å². The van der Waals surface area contributed by atoms with E-state index in [9.17, 15) is 4.79 Å². The van der Waals surface area contributed by atoms with E-state index < -0.39 is 0 Å². The summed E-state index contributed by atoms with van der Waals surface area (Å²) in [6, 6.07) is 7.09. The van der Waals surface area contributed by atoms with Gasteiger partial charge in [0.25, 0.3) is 0 Å². The van der Waals surface area contributed by atoms with Crippen LogP contribution in [-0.2, 0) is 0 Å². The number of carbonyl (C=O) groups is 1. The highest BCUT2D eigenvalue weighted by molar-refractivity contribution is 7.00. The normalized spacial score (nSPS) is 10.9. The molecule has 0 unspecified atom stereocenters. The molecule has 0 spiro atoms. The van der Waals surface area contributed by atoms with Crippen LogP contribution in [0.25, 0.3) is 16.7 Å². The summed E-state index contributed by atoms with van der Waals surface area (Å²) in [5, 5.41) is 0.546. The maximum absolute atomic E-state index is 11.0. The van der Waals surface area contributed by atoms with Crippen molar-refractivity contribution in [3.63, 3.8) is 0 Å². The van der Waals surface area contributed by atoms with Gasteiger partial charge in [-0.05, 0) is 24.3 Å². The summed E-state index contributed by atoms with van der Waals surface area (Å²) in [7, 11) is 0. The van der Waals surface area contributed by atoms with Gasteiger partial charge in [-0.2, -0.15) is 8.75 Å². The van der Waals surface area contributed by atoms with E-state index in [1.165, 1.54) is 0 Å². The number of aromatic nitrogens is 3. The van der Waals surface area contributed by atoms with Crippen molar-refractivity contribution >= 4 is 40.6 Å². The van der Waals surface area contributed by atoms with Gasteiger partial charge in [0.2, 0.25) is 0 Å².